The topological polar surface area (TPSA) is 72.8 Å². The van der Waals surface area contributed by atoms with Crippen LogP contribution >= 0.6 is 0 Å². The van der Waals surface area contributed by atoms with Gasteiger partial charge in [-0.15, -0.1) is 6.58 Å². The monoisotopic (exact) mass is 524 g/mol. The molecule has 0 aliphatic heterocycles. The van der Waals surface area contributed by atoms with Crippen LogP contribution in [-0.4, -0.2) is 40.7 Å². The van der Waals surface area contributed by atoms with E-state index in [1.807, 2.05) is 43.3 Å². The molecule has 36 heavy (non-hydrogen) atoms. The average molecular weight is 525 g/mol. The van der Waals surface area contributed by atoms with E-state index in [-0.39, 0.29) is 9.93 Å². The molecule has 0 fully saturated rings. The third-order valence-corrected chi connectivity index (χ3v) is 12.6. The highest BCUT2D eigenvalue weighted by Gasteiger charge is 2.52. The number of aliphatic hydroxyl groups excluding tert-OH is 1. The first kappa shape index (κ1) is 28.0. The summed E-state index contributed by atoms with van der Waals surface area (Å²) < 4.78 is 37.7. The van der Waals surface area contributed by atoms with Gasteiger partial charge in [0.2, 0.25) is 0 Å². The predicted molar refractivity (Wildman–Crippen MR) is 148 cm³/mol. The molecule has 0 radical (unpaired) electrons. The van der Waals surface area contributed by atoms with Crippen LogP contribution in [0.25, 0.3) is 0 Å². The van der Waals surface area contributed by atoms with E-state index < -0.39 is 37.3 Å². The lowest BCUT2D eigenvalue weighted by molar-refractivity contribution is 0.00429. The maximum Gasteiger partial charge on any atom is 0.297 e. The van der Waals surface area contributed by atoms with Crippen LogP contribution in [0.2, 0.25) is 5.04 Å². The Morgan fingerprint density at radius 2 is 1.42 bits per heavy atom. The van der Waals surface area contributed by atoms with Gasteiger partial charge in [-0.05, 0) is 40.9 Å². The van der Waals surface area contributed by atoms with Crippen molar-refractivity contribution in [2.24, 2.45) is 0 Å². The quantitative estimate of drug-likeness (QED) is 0.226. The molecule has 192 valence electrons. The molecule has 0 bridgehead atoms. The molecule has 1 N–H and O–H groups in total. The first-order valence-corrected chi connectivity index (χ1v) is 15.4. The van der Waals surface area contributed by atoms with Gasteiger partial charge >= 0.3 is 0 Å². The minimum Gasteiger partial charge on any atom is -0.401 e. The summed E-state index contributed by atoms with van der Waals surface area (Å²) in [6.45, 7) is 11.7. The Labute approximate surface area is 216 Å². The standard InChI is InChI=1S/C29H36O5SSi/c1-6-13-28(27(30)22-33-35(31,32)24-20-18-23(2)19-21-24)34-36(29(3,4)5,25-14-9-7-10-15-25)26-16-11-8-12-17-26/h6-12,14-21,27-28,30H,1,13,22H2,2-5H3/t27-,28-/m0/s1. The average Bonchev–Trinajstić information content (AvgIpc) is 2.86. The van der Waals surface area contributed by atoms with Crippen LogP contribution < -0.4 is 10.4 Å². The molecule has 0 spiro atoms. The lowest BCUT2D eigenvalue weighted by atomic mass is 10.1. The summed E-state index contributed by atoms with van der Waals surface area (Å²) >= 11 is 0. The van der Waals surface area contributed by atoms with Crippen molar-refractivity contribution in [2.75, 3.05) is 6.61 Å². The molecular weight excluding hydrogens is 488 g/mol. The predicted octanol–water partition coefficient (Wildman–Crippen LogP) is 4.58. The molecule has 0 aliphatic rings. The van der Waals surface area contributed by atoms with Crippen molar-refractivity contribution in [3.63, 3.8) is 0 Å². The largest absolute Gasteiger partial charge is 0.401 e. The van der Waals surface area contributed by atoms with Crippen molar-refractivity contribution >= 4 is 28.8 Å². The van der Waals surface area contributed by atoms with Crippen molar-refractivity contribution in [1.82, 2.24) is 0 Å². The molecule has 5 nitrogen and oxygen atoms in total. The molecule has 0 saturated heterocycles. The molecule has 0 aliphatic carbocycles. The smallest absolute Gasteiger partial charge is 0.297 e. The number of hydrogen-bond acceptors (Lipinski definition) is 5. The molecular formula is C29H36O5SSi. The molecule has 3 aromatic rings. The van der Waals surface area contributed by atoms with Crippen LogP contribution in [0.15, 0.2) is 102 Å². The van der Waals surface area contributed by atoms with Crippen LogP contribution in [0.1, 0.15) is 32.8 Å². The number of aliphatic hydroxyl groups is 1. The molecule has 0 heterocycles. The number of hydrogen-bond donors (Lipinski definition) is 1. The van der Waals surface area contributed by atoms with Gasteiger partial charge in [0.05, 0.1) is 17.6 Å². The summed E-state index contributed by atoms with van der Waals surface area (Å²) in [5.74, 6) is 0. The lowest BCUT2D eigenvalue weighted by Crippen LogP contribution is -2.68. The van der Waals surface area contributed by atoms with Gasteiger partial charge in [-0.2, -0.15) is 8.42 Å². The second-order valence-electron chi connectivity index (χ2n) is 9.96. The van der Waals surface area contributed by atoms with Gasteiger partial charge in [0.1, 0.15) is 6.10 Å². The molecule has 3 aromatic carbocycles. The van der Waals surface area contributed by atoms with Crippen molar-refractivity contribution in [3.05, 3.63) is 103 Å². The molecule has 3 rings (SSSR count). The van der Waals surface area contributed by atoms with Crippen LogP contribution in [0.4, 0.5) is 0 Å². The van der Waals surface area contributed by atoms with E-state index in [1.54, 1.807) is 18.2 Å². The maximum absolute atomic E-state index is 12.7. The molecule has 0 aromatic heterocycles. The minimum atomic E-state index is -4.03. The SMILES string of the molecule is C=CC[C@H](O[Si](c1ccccc1)(c1ccccc1)C(C)(C)C)[C@@H](O)COS(=O)(=O)c1ccc(C)cc1. The van der Waals surface area contributed by atoms with Crippen LogP contribution in [0, 0.1) is 6.92 Å². The number of rotatable bonds is 11. The third kappa shape index (κ3) is 6.22. The zero-order valence-corrected chi connectivity index (χ0v) is 23.2. The Bertz CT molecular complexity index is 1180. The van der Waals surface area contributed by atoms with E-state index in [9.17, 15) is 13.5 Å². The van der Waals surface area contributed by atoms with Gasteiger partial charge in [-0.3, -0.25) is 4.18 Å². The van der Waals surface area contributed by atoms with Crippen LogP contribution in [0.5, 0.6) is 0 Å². The van der Waals surface area contributed by atoms with Crippen LogP contribution in [-0.2, 0) is 18.7 Å². The van der Waals surface area contributed by atoms with Crippen molar-refractivity contribution < 1.29 is 22.1 Å². The van der Waals surface area contributed by atoms with E-state index in [2.05, 4.69) is 51.6 Å². The van der Waals surface area contributed by atoms with Gasteiger partial charge in [0, 0.05) is 0 Å². The van der Waals surface area contributed by atoms with E-state index >= 15 is 0 Å². The summed E-state index contributed by atoms with van der Waals surface area (Å²) in [6, 6.07) is 26.6. The molecule has 0 amide bonds. The van der Waals surface area contributed by atoms with Gasteiger partial charge < -0.3 is 9.53 Å². The summed E-state index contributed by atoms with van der Waals surface area (Å²) in [5.41, 5.74) is 0.943. The summed E-state index contributed by atoms with van der Waals surface area (Å²) in [6.07, 6.45) is 0.103. The zero-order chi connectivity index (χ0) is 26.4. The Kier molecular flexibility index (Phi) is 9.08. The third-order valence-electron chi connectivity index (χ3n) is 6.28. The highest BCUT2D eigenvalue weighted by Crippen LogP contribution is 2.38. The summed E-state index contributed by atoms with van der Waals surface area (Å²) in [5, 5.41) is 13.0. The fraction of sp³-hybridized carbons (Fsp3) is 0.310. The molecule has 0 saturated carbocycles. The fourth-order valence-electron chi connectivity index (χ4n) is 4.41. The van der Waals surface area contributed by atoms with E-state index in [4.69, 9.17) is 8.61 Å². The van der Waals surface area contributed by atoms with Crippen molar-refractivity contribution in [2.45, 2.75) is 56.3 Å². The highest BCUT2D eigenvalue weighted by molar-refractivity contribution is 7.86. The van der Waals surface area contributed by atoms with Gasteiger partial charge in [0.25, 0.3) is 18.4 Å². The number of aryl methyl sites for hydroxylation is 1. The fourth-order valence-corrected chi connectivity index (χ4v) is 10.1. The molecule has 7 heteroatoms. The van der Waals surface area contributed by atoms with E-state index in [0.29, 0.717) is 6.42 Å². The lowest BCUT2D eigenvalue weighted by Gasteiger charge is -2.45. The normalized spacial score (nSPS) is 14.2. The van der Waals surface area contributed by atoms with E-state index in [1.165, 1.54) is 12.1 Å². The Hall–Kier alpha value is -2.55. The summed E-state index contributed by atoms with van der Waals surface area (Å²) in [4.78, 5) is 0.0495. The minimum absolute atomic E-state index is 0.0495. The van der Waals surface area contributed by atoms with E-state index in [0.717, 1.165) is 15.9 Å². The maximum atomic E-state index is 12.7. The molecule has 0 unspecified atom stereocenters. The first-order chi connectivity index (χ1) is 17.0. The molecule has 2 atom stereocenters. The Morgan fingerprint density at radius 3 is 1.86 bits per heavy atom. The summed E-state index contributed by atoms with van der Waals surface area (Å²) in [7, 11) is -7.00. The Balaban J connectivity index is 1.97. The second kappa shape index (κ2) is 11.7. The van der Waals surface area contributed by atoms with Crippen molar-refractivity contribution in [3.8, 4) is 0 Å². The zero-order valence-electron chi connectivity index (χ0n) is 21.4. The van der Waals surface area contributed by atoms with Crippen molar-refractivity contribution in [1.29, 1.82) is 0 Å². The van der Waals surface area contributed by atoms with Gasteiger partial charge in [-0.1, -0.05) is 105 Å². The Morgan fingerprint density at radius 1 is 0.917 bits per heavy atom. The first-order valence-electron chi connectivity index (χ1n) is 12.0. The van der Waals surface area contributed by atoms with Gasteiger partial charge in [0.15, 0.2) is 0 Å². The second-order valence-corrected chi connectivity index (χ2v) is 15.8. The highest BCUT2D eigenvalue weighted by atomic mass is 32.2. The number of benzene rings is 3. The van der Waals surface area contributed by atoms with Gasteiger partial charge in [-0.25, -0.2) is 0 Å². The van der Waals surface area contributed by atoms with Crippen LogP contribution in [0.3, 0.4) is 0 Å².